The molecule has 0 saturated carbocycles. The van der Waals surface area contributed by atoms with E-state index in [9.17, 15) is 14.0 Å². The van der Waals surface area contributed by atoms with Gasteiger partial charge in [0.1, 0.15) is 5.82 Å². The number of rotatable bonds is 3. The molecule has 5 nitrogen and oxygen atoms in total. The minimum atomic E-state index is -1.01. The summed E-state index contributed by atoms with van der Waals surface area (Å²) in [5.41, 5.74) is 2.39. The van der Waals surface area contributed by atoms with E-state index in [1.54, 1.807) is 12.1 Å². The van der Waals surface area contributed by atoms with Crippen molar-refractivity contribution in [2.75, 3.05) is 5.32 Å². The van der Waals surface area contributed by atoms with Crippen molar-refractivity contribution in [1.29, 1.82) is 0 Å². The summed E-state index contributed by atoms with van der Waals surface area (Å²) >= 11 is 11.5. The summed E-state index contributed by atoms with van der Waals surface area (Å²) in [7, 11) is 0. The molecule has 2 rings (SSSR count). The zero-order chi connectivity index (χ0) is 16.8. The van der Waals surface area contributed by atoms with Crippen LogP contribution in [0.2, 0.25) is 10.0 Å². The Morgan fingerprint density at radius 1 is 1.04 bits per heavy atom. The third-order valence-corrected chi connectivity index (χ3v) is 3.25. The van der Waals surface area contributed by atoms with Crippen molar-refractivity contribution in [3.63, 3.8) is 0 Å². The summed E-state index contributed by atoms with van der Waals surface area (Å²) in [4.78, 5) is 23.2. The highest BCUT2D eigenvalue weighted by molar-refractivity contribution is 6.39. The van der Waals surface area contributed by atoms with Crippen LogP contribution in [0.15, 0.2) is 47.6 Å². The number of carbonyl (C=O) groups excluding carboxylic acids is 2. The van der Waals surface area contributed by atoms with Crippen molar-refractivity contribution in [2.45, 2.75) is 0 Å². The number of amides is 2. The Kier molecular flexibility index (Phi) is 5.67. The van der Waals surface area contributed by atoms with Crippen LogP contribution in [0.4, 0.5) is 10.1 Å². The van der Waals surface area contributed by atoms with Crippen molar-refractivity contribution < 1.29 is 14.0 Å². The van der Waals surface area contributed by atoms with Gasteiger partial charge < -0.3 is 5.32 Å². The Morgan fingerprint density at radius 3 is 2.39 bits per heavy atom. The molecule has 0 atom stereocenters. The molecule has 0 aliphatic heterocycles. The predicted octanol–water partition coefficient (Wildman–Crippen LogP) is 3.22. The number of halogens is 3. The van der Waals surface area contributed by atoms with Gasteiger partial charge >= 0.3 is 11.8 Å². The van der Waals surface area contributed by atoms with E-state index in [-0.39, 0.29) is 10.6 Å². The molecule has 0 unspecified atom stereocenters. The van der Waals surface area contributed by atoms with Gasteiger partial charge in [0.05, 0.1) is 11.2 Å². The number of hydrazone groups is 1. The molecule has 0 fully saturated rings. The predicted molar refractivity (Wildman–Crippen MR) is 87.2 cm³/mol. The normalized spacial score (nSPS) is 10.6. The average Bonchev–Trinajstić information content (AvgIpc) is 2.52. The number of hydrogen-bond acceptors (Lipinski definition) is 3. The number of benzene rings is 2. The summed E-state index contributed by atoms with van der Waals surface area (Å²) in [5, 5.41) is 6.50. The van der Waals surface area contributed by atoms with Gasteiger partial charge in [-0.1, -0.05) is 29.3 Å². The maximum atomic E-state index is 13.5. The Morgan fingerprint density at radius 2 is 1.74 bits per heavy atom. The quantitative estimate of drug-likeness (QED) is 0.505. The van der Waals surface area contributed by atoms with Gasteiger partial charge in [0.2, 0.25) is 0 Å². The fourth-order valence-electron chi connectivity index (χ4n) is 1.56. The van der Waals surface area contributed by atoms with Crippen molar-refractivity contribution in [3.8, 4) is 0 Å². The highest BCUT2D eigenvalue weighted by Gasteiger charge is 2.13. The summed E-state index contributed by atoms with van der Waals surface area (Å²) in [6.07, 6.45) is 1.02. The molecule has 118 valence electrons. The van der Waals surface area contributed by atoms with E-state index < -0.39 is 17.6 Å². The third kappa shape index (κ3) is 4.77. The maximum absolute atomic E-state index is 13.5. The Labute approximate surface area is 141 Å². The van der Waals surface area contributed by atoms with Gasteiger partial charge in [-0.15, -0.1) is 0 Å². The van der Waals surface area contributed by atoms with Crippen molar-refractivity contribution in [3.05, 3.63) is 63.9 Å². The van der Waals surface area contributed by atoms with Gasteiger partial charge in [0, 0.05) is 16.3 Å². The van der Waals surface area contributed by atoms with E-state index in [4.69, 9.17) is 23.2 Å². The fourth-order valence-corrected chi connectivity index (χ4v) is 1.90. The van der Waals surface area contributed by atoms with Gasteiger partial charge in [-0.25, -0.2) is 9.82 Å². The molecule has 0 aliphatic rings. The Hall–Kier alpha value is -2.44. The second-order valence-electron chi connectivity index (χ2n) is 4.30. The van der Waals surface area contributed by atoms with Crippen molar-refractivity contribution in [2.24, 2.45) is 5.10 Å². The molecule has 2 N–H and O–H groups in total. The highest BCUT2D eigenvalue weighted by atomic mass is 35.5. The zero-order valence-electron chi connectivity index (χ0n) is 11.5. The first-order valence-corrected chi connectivity index (χ1v) is 7.07. The van der Waals surface area contributed by atoms with E-state index >= 15 is 0 Å². The molecule has 0 aromatic heterocycles. The highest BCUT2D eigenvalue weighted by Crippen LogP contribution is 2.16. The zero-order valence-corrected chi connectivity index (χ0v) is 13.0. The summed E-state index contributed by atoms with van der Waals surface area (Å²) in [6, 6.07) is 10.3. The molecule has 2 aromatic carbocycles. The molecular formula is C15H10Cl2FN3O2. The molecular weight excluding hydrogens is 344 g/mol. The molecule has 0 spiro atoms. The Bertz CT molecular complexity index is 744. The van der Waals surface area contributed by atoms with Gasteiger partial charge in [-0.2, -0.15) is 5.10 Å². The van der Waals surface area contributed by atoms with Crippen LogP contribution in [0.1, 0.15) is 5.56 Å². The van der Waals surface area contributed by atoms with E-state index in [1.807, 2.05) is 5.43 Å². The summed E-state index contributed by atoms with van der Waals surface area (Å²) in [6.45, 7) is 0. The van der Waals surface area contributed by atoms with Crippen LogP contribution in [-0.2, 0) is 9.59 Å². The monoisotopic (exact) mass is 353 g/mol. The van der Waals surface area contributed by atoms with E-state index in [1.165, 1.54) is 30.3 Å². The fraction of sp³-hybridized carbons (Fsp3) is 0. The first kappa shape index (κ1) is 16.9. The minimum absolute atomic E-state index is 0.00701. The van der Waals surface area contributed by atoms with Crippen LogP contribution in [0.5, 0.6) is 0 Å². The largest absolute Gasteiger partial charge is 0.329 e. The first-order valence-electron chi connectivity index (χ1n) is 6.31. The van der Waals surface area contributed by atoms with Crippen LogP contribution < -0.4 is 10.7 Å². The van der Waals surface area contributed by atoms with E-state index in [0.717, 1.165) is 6.21 Å². The molecule has 0 radical (unpaired) electrons. The summed E-state index contributed by atoms with van der Waals surface area (Å²) in [5.74, 6) is -2.53. The molecule has 0 heterocycles. The van der Waals surface area contributed by atoms with Crippen LogP contribution in [0, 0.1) is 5.82 Å². The van der Waals surface area contributed by atoms with Crippen LogP contribution >= 0.6 is 23.2 Å². The van der Waals surface area contributed by atoms with Crippen LogP contribution in [-0.4, -0.2) is 18.0 Å². The molecule has 0 bridgehead atoms. The molecule has 0 saturated heterocycles. The smallest absolute Gasteiger partial charge is 0.318 e. The van der Waals surface area contributed by atoms with Crippen molar-refractivity contribution >= 4 is 46.9 Å². The number of carbonyl (C=O) groups is 2. The number of hydrogen-bond donors (Lipinski definition) is 2. The number of anilines is 1. The molecule has 2 aromatic rings. The van der Waals surface area contributed by atoms with Gasteiger partial charge in [-0.05, 0) is 36.4 Å². The lowest BCUT2D eigenvalue weighted by atomic mass is 10.2. The topological polar surface area (TPSA) is 70.6 Å². The van der Waals surface area contributed by atoms with Gasteiger partial charge in [0.25, 0.3) is 0 Å². The lowest BCUT2D eigenvalue weighted by Gasteiger charge is -2.04. The van der Waals surface area contributed by atoms with E-state index in [0.29, 0.717) is 10.7 Å². The second-order valence-corrected chi connectivity index (χ2v) is 5.14. The third-order valence-electron chi connectivity index (χ3n) is 2.67. The molecule has 8 heteroatoms. The lowest BCUT2D eigenvalue weighted by molar-refractivity contribution is -0.136. The van der Waals surface area contributed by atoms with Gasteiger partial charge in [0.15, 0.2) is 0 Å². The number of nitrogens with one attached hydrogen (secondary N) is 2. The van der Waals surface area contributed by atoms with Crippen LogP contribution in [0.25, 0.3) is 0 Å². The van der Waals surface area contributed by atoms with Crippen LogP contribution in [0.3, 0.4) is 0 Å². The minimum Gasteiger partial charge on any atom is -0.318 e. The summed E-state index contributed by atoms with van der Waals surface area (Å²) < 4.78 is 13.5. The maximum Gasteiger partial charge on any atom is 0.329 e. The SMILES string of the molecule is O=C(N/N=C/c1c(F)cccc1Cl)C(=O)Nc1ccc(Cl)cc1. The van der Waals surface area contributed by atoms with E-state index in [2.05, 4.69) is 10.4 Å². The average molecular weight is 354 g/mol. The lowest BCUT2D eigenvalue weighted by Crippen LogP contribution is -2.32. The number of nitrogens with zero attached hydrogens (tertiary/aromatic N) is 1. The molecule has 2 amide bonds. The van der Waals surface area contributed by atoms with Crippen molar-refractivity contribution in [1.82, 2.24) is 5.43 Å². The second kappa shape index (κ2) is 7.71. The Balaban J connectivity index is 1.95. The first-order chi connectivity index (χ1) is 11.0. The molecule has 0 aliphatic carbocycles. The molecule has 23 heavy (non-hydrogen) atoms. The standard InChI is InChI=1S/C15H10Cl2FN3O2/c16-9-4-6-10(7-5-9)20-14(22)15(23)21-19-8-11-12(17)2-1-3-13(11)18/h1-8H,(H,20,22)(H,21,23)/b19-8+. The van der Waals surface area contributed by atoms with Gasteiger partial charge in [-0.3, -0.25) is 9.59 Å².